The molecule has 0 aliphatic heterocycles. The zero-order valence-electron chi connectivity index (χ0n) is 15.7. The van der Waals surface area contributed by atoms with E-state index in [0.717, 1.165) is 27.9 Å². The number of aromatic nitrogens is 6. The Hall–Kier alpha value is -4.14. The van der Waals surface area contributed by atoms with E-state index in [1.807, 2.05) is 49.5 Å². The second-order valence-electron chi connectivity index (χ2n) is 6.60. The van der Waals surface area contributed by atoms with Crippen molar-refractivity contribution in [2.45, 2.75) is 0 Å². The van der Waals surface area contributed by atoms with Gasteiger partial charge in [0, 0.05) is 24.4 Å². The highest BCUT2D eigenvalue weighted by Crippen LogP contribution is 2.29. The molecule has 5 aromatic rings. The van der Waals surface area contributed by atoms with Crippen LogP contribution in [0.4, 0.5) is 11.5 Å². The van der Waals surface area contributed by atoms with Crippen molar-refractivity contribution in [3.05, 3.63) is 59.1 Å². The van der Waals surface area contributed by atoms with Crippen LogP contribution in [-0.2, 0) is 7.05 Å². The number of anilines is 2. The molecule has 29 heavy (non-hydrogen) atoms. The van der Waals surface area contributed by atoms with Crippen molar-refractivity contribution in [2.24, 2.45) is 7.05 Å². The van der Waals surface area contributed by atoms with Gasteiger partial charge in [0.15, 0.2) is 11.5 Å². The molecule has 0 saturated carbocycles. The van der Waals surface area contributed by atoms with Gasteiger partial charge in [0.25, 0.3) is 0 Å². The summed E-state index contributed by atoms with van der Waals surface area (Å²) in [7, 11) is 3.46. The Kier molecular flexibility index (Phi) is 3.80. The lowest BCUT2D eigenvalue weighted by atomic mass is 10.2. The predicted molar refractivity (Wildman–Crippen MR) is 110 cm³/mol. The molecule has 0 radical (unpaired) electrons. The van der Waals surface area contributed by atoms with E-state index in [2.05, 4.69) is 25.4 Å². The molecular weight excluding hydrogens is 370 g/mol. The zero-order valence-corrected chi connectivity index (χ0v) is 15.7. The van der Waals surface area contributed by atoms with Gasteiger partial charge in [0.2, 0.25) is 0 Å². The van der Waals surface area contributed by atoms with Gasteiger partial charge in [-0.15, -0.1) is 0 Å². The summed E-state index contributed by atoms with van der Waals surface area (Å²) in [5.74, 6) is 1.90. The van der Waals surface area contributed by atoms with Crippen LogP contribution in [-0.4, -0.2) is 36.8 Å². The molecule has 0 saturated heterocycles. The monoisotopic (exact) mass is 387 g/mol. The smallest absolute Gasteiger partial charge is 0.323 e. The Morgan fingerprint density at radius 3 is 2.79 bits per heavy atom. The number of H-pyrrole nitrogens is 2. The van der Waals surface area contributed by atoms with Crippen molar-refractivity contribution in [1.82, 2.24) is 29.7 Å². The predicted octanol–water partition coefficient (Wildman–Crippen LogP) is 2.95. The lowest BCUT2D eigenvalue weighted by Crippen LogP contribution is -2.01. The molecule has 144 valence electrons. The van der Waals surface area contributed by atoms with Gasteiger partial charge in [-0.2, -0.15) is 5.10 Å². The maximum Gasteiger partial charge on any atom is 0.323 e. The highest BCUT2D eigenvalue weighted by atomic mass is 16.5. The van der Waals surface area contributed by atoms with Crippen LogP contribution >= 0.6 is 0 Å². The van der Waals surface area contributed by atoms with E-state index in [9.17, 15) is 4.79 Å². The molecule has 0 fully saturated rings. The number of methoxy groups -OCH3 is 1. The minimum atomic E-state index is -0.250. The maximum atomic E-state index is 11.6. The van der Waals surface area contributed by atoms with Gasteiger partial charge >= 0.3 is 5.69 Å². The van der Waals surface area contributed by atoms with Crippen molar-refractivity contribution < 1.29 is 4.74 Å². The van der Waals surface area contributed by atoms with Crippen LogP contribution in [0.1, 0.15) is 0 Å². The first-order valence-corrected chi connectivity index (χ1v) is 8.94. The summed E-state index contributed by atoms with van der Waals surface area (Å²) >= 11 is 0. The molecule has 0 bridgehead atoms. The molecule has 0 aliphatic rings. The van der Waals surface area contributed by atoms with Gasteiger partial charge in [-0.3, -0.25) is 4.68 Å². The Labute approximate surface area is 164 Å². The Balaban J connectivity index is 1.65. The second kappa shape index (κ2) is 6.48. The van der Waals surface area contributed by atoms with Crippen LogP contribution in [0.5, 0.6) is 5.75 Å². The van der Waals surface area contributed by atoms with Crippen molar-refractivity contribution in [2.75, 3.05) is 12.4 Å². The molecular formula is C20H17N7O2. The number of ether oxygens (including phenoxy) is 1. The van der Waals surface area contributed by atoms with Crippen molar-refractivity contribution in [1.29, 1.82) is 0 Å². The second-order valence-corrected chi connectivity index (χ2v) is 6.60. The lowest BCUT2D eigenvalue weighted by Gasteiger charge is -2.10. The minimum Gasteiger partial charge on any atom is -0.497 e. The van der Waals surface area contributed by atoms with Gasteiger partial charge in [0.05, 0.1) is 29.7 Å². The van der Waals surface area contributed by atoms with Crippen LogP contribution in [0.3, 0.4) is 0 Å². The highest BCUT2D eigenvalue weighted by molar-refractivity contribution is 5.90. The molecule has 0 unspecified atom stereocenters. The number of aryl methyl sites for hydroxylation is 1. The van der Waals surface area contributed by atoms with Crippen LogP contribution < -0.4 is 15.7 Å². The van der Waals surface area contributed by atoms with Gasteiger partial charge in [-0.1, -0.05) is 6.07 Å². The highest BCUT2D eigenvalue weighted by Gasteiger charge is 2.14. The number of nitrogens with one attached hydrogen (secondary N) is 3. The van der Waals surface area contributed by atoms with E-state index in [-0.39, 0.29) is 5.69 Å². The normalized spacial score (nSPS) is 11.2. The summed E-state index contributed by atoms with van der Waals surface area (Å²) in [6.07, 6.45) is 1.73. The summed E-state index contributed by atoms with van der Waals surface area (Å²) in [5, 5.41) is 8.46. The molecule has 3 N–H and O–H groups in total. The minimum absolute atomic E-state index is 0.250. The third-order valence-electron chi connectivity index (χ3n) is 4.70. The third kappa shape index (κ3) is 2.98. The van der Waals surface area contributed by atoms with E-state index in [1.54, 1.807) is 18.0 Å². The number of aromatic amines is 2. The summed E-state index contributed by atoms with van der Waals surface area (Å²) in [6, 6.07) is 13.2. The van der Waals surface area contributed by atoms with E-state index in [1.165, 1.54) is 0 Å². The molecule has 5 rings (SSSR count). The average Bonchev–Trinajstić information content (AvgIpc) is 3.29. The number of fused-ring (bicyclic) bond motifs is 2. The van der Waals surface area contributed by atoms with E-state index in [4.69, 9.17) is 9.72 Å². The quantitative estimate of drug-likeness (QED) is 0.437. The van der Waals surface area contributed by atoms with Gasteiger partial charge in [0.1, 0.15) is 11.6 Å². The molecule has 3 aromatic heterocycles. The van der Waals surface area contributed by atoms with Gasteiger partial charge < -0.3 is 20.0 Å². The van der Waals surface area contributed by atoms with Crippen LogP contribution in [0.15, 0.2) is 53.5 Å². The SMILES string of the molecule is COc1cccc(Nc2nc(-c3ccc4[nH]c(=O)[nH]c4c3)nc3c2cnn3C)c1. The summed E-state index contributed by atoms with van der Waals surface area (Å²) in [5.41, 5.74) is 3.50. The van der Waals surface area contributed by atoms with Gasteiger partial charge in [-0.05, 0) is 30.3 Å². The molecule has 3 heterocycles. The number of benzene rings is 2. The largest absolute Gasteiger partial charge is 0.497 e. The Morgan fingerprint density at radius 1 is 1.07 bits per heavy atom. The van der Waals surface area contributed by atoms with Crippen LogP contribution in [0, 0.1) is 0 Å². The topological polar surface area (TPSA) is 114 Å². The van der Waals surface area contributed by atoms with Crippen molar-refractivity contribution in [3.63, 3.8) is 0 Å². The molecule has 9 nitrogen and oxygen atoms in total. The first-order valence-electron chi connectivity index (χ1n) is 8.94. The molecule has 9 heteroatoms. The number of rotatable bonds is 4. The lowest BCUT2D eigenvalue weighted by molar-refractivity contribution is 0.415. The molecule has 0 amide bonds. The fourth-order valence-corrected chi connectivity index (χ4v) is 3.26. The molecule has 0 atom stereocenters. The van der Waals surface area contributed by atoms with E-state index < -0.39 is 0 Å². The standard InChI is InChI=1S/C20H17N7O2/c1-27-19-14(10-21-27)18(22-12-4-3-5-13(9-12)29-2)25-17(26-19)11-6-7-15-16(8-11)24-20(28)23-15/h3-10H,1-2H3,(H,22,25,26)(H2,23,24,28). The Morgan fingerprint density at radius 2 is 1.93 bits per heavy atom. The number of hydrogen-bond acceptors (Lipinski definition) is 6. The van der Waals surface area contributed by atoms with Gasteiger partial charge in [-0.25, -0.2) is 14.8 Å². The molecule has 0 aliphatic carbocycles. The van der Waals surface area contributed by atoms with Crippen LogP contribution in [0.25, 0.3) is 33.5 Å². The molecule has 2 aromatic carbocycles. The summed E-state index contributed by atoms with van der Waals surface area (Å²) < 4.78 is 7.00. The van der Waals surface area contributed by atoms with E-state index >= 15 is 0 Å². The maximum absolute atomic E-state index is 11.6. The summed E-state index contributed by atoms with van der Waals surface area (Å²) in [4.78, 5) is 26.5. The third-order valence-corrected chi connectivity index (χ3v) is 4.70. The van der Waals surface area contributed by atoms with Crippen molar-refractivity contribution in [3.8, 4) is 17.1 Å². The number of hydrogen-bond donors (Lipinski definition) is 3. The average molecular weight is 387 g/mol. The first-order chi connectivity index (χ1) is 14.1. The summed E-state index contributed by atoms with van der Waals surface area (Å²) in [6.45, 7) is 0. The number of imidazole rings is 1. The first kappa shape index (κ1) is 17.0. The fraction of sp³-hybridized carbons (Fsp3) is 0.100. The van der Waals surface area contributed by atoms with E-state index in [0.29, 0.717) is 22.8 Å². The zero-order chi connectivity index (χ0) is 20.0. The molecule has 0 spiro atoms. The number of nitrogens with zero attached hydrogens (tertiary/aromatic N) is 4. The van der Waals surface area contributed by atoms with Crippen LogP contribution in [0.2, 0.25) is 0 Å². The fourth-order valence-electron chi connectivity index (χ4n) is 3.26. The Bertz CT molecular complexity index is 1410. The van der Waals surface area contributed by atoms with Crippen molar-refractivity contribution >= 4 is 33.6 Å².